The van der Waals surface area contributed by atoms with E-state index in [0.29, 0.717) is 28.5 Å². The van der Waals surface area contributed by atoms with Crippen molar-refractivity contribution < 1.29 is 50.0 Å². The van der Waals surface area contributed by atoms with Crippen molar-refractivity contribution in [3.05, 3.63) is 190 Å². The fourth-order valence-corrected chi connectivity index (χ4v) is 9.54. The molecule has 0 radical (unpaired) electrons. The Balaban J connectivity index is 1.18. The number of hydrogen-bond acceptors (Lipinski definition) is 4. The number of nitrogens with zero attached hydrogens (tertiary/aromatic N) is 4. The van der Waals surface area contributed by atoms with Gasteiger partial charge in [0.2, 0.25) is 11.6 Å². The van der Waals surface area contributed by atoms with Crippen LogP contribution in [0.4, 0.5) is 66.7 Å². The fourth-order valence-electron chi connectivity index (χ4n) is 9.54. The highest BCUT2D eigenvalue weighted by atomic mass is 19.2. The molecule has 0 aliphatic carbocycles. The van der Waals surface area contributed by atoms with Gasteiger partial charge in [0.15, 0.2) is 46.5 Å². The third-order valence-electron chi connectivity index (χ3n) is 13.5. The lowest BCUT2D eigenvalue weighted by Gasteiger charge is -2.30. The van der Waals surface area contributed by atoms with Crippen molar-refractivity contribution in [3.8, 4) is 39.6 Å². The number of fused-ring (bicyclic) bond motifs is 4. The average Bonchev–Trinajstić information content (AvgIpc) is 3.91. The van der Waals surface area contributed by atoms with Crippen molar-refractivity contribution in [2.45, 2.75) is 72.1 Å². The molecule has 74 heavy (non-hydrogen) atoms. The molecule has 1 aliphatic heterocycles. The van der Waals surface area contributed by atoms with Crippen LogP contribution in [0.2, 0.25) is 0 Å². The maximum absolute atomic E-state index is 16.3. The Morgan fingerprint density at radius 3 is 1.58 bits per heavy atom. The van der Waals surface area contributed by atoms with Crippen LogP contribution in [0.5, 0.6) is 11.5 Å². The summed E-state index contributed by atoms with van der Waals surface area (Å²) in [5.41, 5.74) is -2.73. The van der Waals surface area contributed by atoms with Crippen molar-refractivity contribution in [2.75, 3.05) is 16.5 Å². The lowest BCUT2D eigenvalue weighted by atomic mass is 9.81. The van der Waals surface area contributed by atoms with Crippen LogP contribution in [0.15, 0.2) is 115 Å². The summed E-state index contributed by atoms with van der Waals surface area (Å²) in [5.74, 6) is -23.6. The van der Waals surface area contributed by atoms with Crippen LogP contribution in [-0.2, 0) is 10.8 Å². The molecule has 0 saturated carbocycles. The number of ether oxygens (including phenoxy) is 1. The van der Waals surface area contributed by atoms with Gasteiger partial charge in [-0.1, -0.05) is 85.7 Å². The zero-order valence-corrected chi connectivity index (χ0v) is 41.2. The van der Waals surface area contributed by atoms with E-state index in [4.69, 9.17) is 9.72 Å². The molecule has 0 spiro atoms. The van der Waals surface area contributed by atoms with Gasteiger partial charge in [-0.25, -0.2) is 48.9 Å². The van der Waals surface area contributed by atoms with Gasteiger partial charge in [0.1, 0.15) is 24.0 Å². The zero-order valence-electron chi connectivity index (χ0n) is 42.2. The number of hydrogen-bond donors (Lipinski definition) is 0. The summed E-state index contributed by atoms with van der Waals surface area (Å²) in [6.07, 6.45) is 1.77. The molecule has 3 heterocycles. The van der Waals surface area contributed by atoms with Gasteiger partial charge < -0.3 is 14.5 Å². The zero-order chi connectivity index (χ0) is 54.0. The van der Waals surface area contributed by atoms with Crippen LogP contribution in [0.25, 0.3) is 49.9 Å². The van der Waals surface area contributed by atoms with Crippen molar-refractivity contribution >= 4 is 44.6 Å². The Labute approximate surface area is 421 Å². The molecule has 0 atom stereocenters. The monoisotopic (exact) mass is 1020 g/mol. The van der Waals surface area contributed by atoms with Gasteiger partial charge >= 0.3 is 0 Å². The molecule has 10 rings (SSSR count). The Morgan fingerprint density at radius 2 is 1.03 bits per heavy atom. The molecule has 15 heteroatoms. The third-order valence-corrected chi connectivity index (χ3v) is 13.5. The van der Waals surface area contributed by atoms with Crippen LogP contribution in [0, 0.1) is 58.2 Å². The molecule has 1 aliphatic rings. The van der Waals surface area contributed by atoms with Crippen molar-refractivity contribution in [3.63, 3.8) is 0 Å². The van der Waals surface area contributed by atoms with Gasteiger partial charge in [-0.3, -0.25) is 4.57 Å². The second-order valence-electron chi connectivity index (χ2n) is 20.5. The van der Waals surface area contributed by atoms with Crippen LogP contribution < -0.4 is 14.5 Å². The number of para-hydroxylation sites is 3. The highest BCUT2D eigenvalue weighted by molar-refractivity contribution is 6.09. The van der Waals surface area contributed by atoms with Crippen LogP contribution in [0.3, 0.4) is 0 Å². The molecule has 0 saturated heterocycles. The molecule has 378 valence electrons. The summed E-state index contributed by atoms with van der Waals surface area (Å²) in [5, 5.41) is 1.89. The topological polar surface area (TPSA) is 33.5 Å². The maximum Gasteiger partial charge on any atom is 0.200 e. The molecule has 7 aromatic carbocycles. The second-order valence-corrected chi connectivity index (χ2v) is 20.5. The number of benzene rings is 7. The van der Waals surface area contributed by atoms with E-state index in [1.54, 1.807) is 82.1 Å². The summed E-state index contributed by atoms with van der Waals surface area (Å²) in [6.45, 7) is 13.8. The van der Waals surface area contributed by atoms with E-state index < -0.39 is 104 Å². The quantitative estimate of drug-likeness (QED) is 0.0863. The number of anilines is 4. The normalized spacial score (nSPS) is 13.4. The Hall–Kier alpha value is -7.81. The summed E-state index contributed by atoms with van der Waals surface area (Å²) in [6, 6.07) is 30.9. The molecule has 0 N–H and O–H groups in total. The molecule has 9 aromatic rings. The lowest BCUT2D eigenvalue weighted by molar-refractivity contribution is 0.381. The van der Waals surface area contributed by atoms with E-state index in [0.717, 1.165) is 39.5 Å². The summed E-state index contributed by atoms with van der Waals surface area (Å²) in [4.78, 5) is 7.64. The smallest absolute Gasteiger partial charge is 0.200 e. The first-order valence-corrected chi connectivity index (χ1v) is 23.5. The average molecular weight is 1020 g/mol. The molecule has 0 bridgehead atoms. The first-order valence-electron chi connectivity index (χ1n) is 24.0. The van der Waals surface area contributed by atoms with Crippen molar-refractivity contribution in [1.29, 1.82) is 0 Å². The van der Waals surface area contributed by atoms with E-state index in [9.17, 15) is 10.2 Å². The standard InChI is InChI=1S/C59H46F10N4O/c1-29(2)30-21-33(26-35(22-30)74-34-17-18-37-36-13-9-10-14-40(36)73(43(37)27-34)44-25-31(19-20-70-44)58(3,4)5)71-28-72(42-16-12-11-15-41(42)71)57-38(45-47(60)51(64)55(68)52(65)48(45)61)23-32(59(6,7)8)24-39(57)46-49(62)53(66)56(69)54(67)50(46)63/h9-27,29H,28H2,1-8H3/i29D. The Morgan fingerprint density at radius 1 is 0.514 bits per heavy atom. The minimum atomic E-state index is -2.49. The largest absolute Gasteiger partial charge is 0.457 e. The fraction of sp³-hybridized carbons (Fsp3) is 0.203. The maximum atomic E-state index is 16.3. The SMILES string of the molecule is [2H]C(C)(C)c1cc(Oc2ccc3c4ccccc4n(-c4cc(C(C)(C)C)ccn4)c3c2)cc(N2CN(c3c(-c4c(F)c(F)c(F)c(F)c4F)cc(C(C)(C)C)cc3-c3c(F)c(F)c(F)c(F)c3F)c3ccccc32)c1. The minimum absolute atomic E-state index is 0.0334. The Kier molecular flexibility index (Phi) is 11.8. The van der Waals surface area contributed by atoms with E-state index in [2.05, 4.69) is 20.8 Å². The highest BCUT2D eigenvalue weighted by Gasteiger charge is 2.39. The van der Waals surface area contributed by atoms with E-state index in [-0.39, 0.29) is 22.4 Å². The third kappa shape index (κ3) is 8.16. The van der Waals surface area contributed by atoms with Crippen molar-refractivity contribution in [2.24, 2.45) is 0 Å². The minimum Gasteiger partial charge on any atom is -0.457 e. The number of rotatable bonds is 8. The van der Waals surface area contributed by atoms with Crippen LogP contribution in [-0.4, -0.2) is 16.2 Å². The summed E-state index contributed by atoms with van der Waals surface area (Å²) in [7, 11) is 0. The number of halogens is 10. The van der Waals surface area contributed by atoms with Gasteiger partial charge in [0.25, 0.3) is 0 Å². The first-order chi connectivity index (χ1) is 35.3. The molecule has 5 nitrogen and oxygen atoms in total. The molecular weight excluding hydrogens is 971 g/mol. The van der Waals surface area contributed by atoms with Crippen LogP contribution >= 0.6 is 0 Å². The molecule has 0 unspecified atom stereocenters. The highest BCUT2D eigenvalue weighted by Crippen LogP contribution is 2.54. The lowest BCUT2D eigenvalue weighted by Crippen LogP contribution is -2.26. The van der Waals surface area contributed by atoms with E-state index in [1.165, 1.54) is 17.0 Å². The first kappa shape index (κ1) is 48.5. The van der Waals surface area contributed by atoms with E-state index in [1.807, 2.05) is 53.1 Å². The van der Waals surface area contributed by atoms with Gasteiger partial charge in [0, 0.05) is 47.3 Å². The molecule has 0 amide bonds. The predicted octanol–water partition coefficient (Wildman–Crippen LogP) is 17.7. The number of aromatic nitrogens is 2. The predicted molar refractivity (Wildman–Crippen MR) is 269 cm³/mol. The summed E-state index contributed by atoms with van der Waals surface area (Å²) < 4.78 is 174. The van der Waals surface area contributed by atoms with Gasteiger partial charge in [-0.2, -0.15) is 0 Å². The number of pyridine rings is 1. The van der Waals surface area contributed by atoms with Crippen LogP contribution in [0.1, 0.15) is 79.3 Å². The van der Waals surface area contributed by atoms with Gasteiger partial charge in [-0.05, 0) is 100 Å². The van der Waals surface area contributed by atoms with E-state index >= 15 is 35.1 Å². The molecule has 2 aromatic heterocycles. The molecule has 0 fully saturated rings. The second kappa shape index (κ2) is 18.0. The Bertz CT molecular complexity index is 3690. The van der Waals surface area contributed by atoms with Gasteiger partial charge in [-0.15, -0.1) is 0 Å². The van der Waals surface area contributed by atoms with Crippen molar-refractivity contribution in [1.82, 2.24) is 9.55 Å². The molecular formula is C59H46F10N4O. The summed E-state index contributed by atoms with van der Waals surface area (Å²) >= 11 is 0. The van der Waals surface area contributed by atoms with Gasteiger partial charge in [0.05, 0.1) is 39.2 Å².